The third kappa shape index (κ3) is 4.87. The predicted molar refractivity (Wildman–Crippen MR) is 88.6 cm³/mol. The molecular formula is C16H25ClN2O3. The highest BCUT2D eigenvalue weighted by Crippen LogP contribution is 2.22. The van der Waals surface area contributed by atoms with Crippen molar-refractivity contribution in [2.75, 3.05) is 26.7 Å². The summed E-state index contributed by atoms with van der Waals surface area (Å²) in [6, 6.07) is 9.60. The maximum atomic E-state index is 12.4. The van der Waals surface area contributed by atoms with Crippen molar-refractivity contribution in [2.24, 2.45) is 0 Å². The molecule has 1 unspecified atom stereocenters. The van der Waals surface area contributed by atoms with Gasteiger partial charge in [0.2, 0.25) is 0 Å². The topological polar surface area (TPSA) is 59.6 Å². The lowest BCUT2D eigenvalue weighted by molar-refractivity contribution is -0.147. The molecule has 2 rings (SSSR count). The van der Waals surface area contributed by atoms with Gasteiger partial charge in [-0.15, -0.1) is 12.4 Å². The first-order chi connectivity index (χ1) is 10.2. The first kappa shape index (κ1) is 18.7. The average Bonchev–Trinajstić information content (AvgIpc) is 2.54. The fraction of sp³-hybridized carbons (Fsp3) is 0.562. The second kappa shape index (κ2) is 8.98. The Morgan fingerprint density at radius 2 is 1.95 bits per heavy atom. The first-order valence-corrected chi connectivity index (χ1v) is 7.42. The summed E-state index contributed by atoms with van der Waals surface area (Å²) in [5.41, 5.74) is -0.697. The van der Waals surface area contributed by atoms with Crippen LogP contribution in [-0.4, -0.2) is 44.4 Å². The number of nitrogens with one attached hydrogen (secondary N) is 2. The van der Waals surface area contributed by atoms with E-state index in [4.69, 9.17) is 9.47 Å². The van der Waals surface area contributed by atoms with Crippen LogP contribution in [0.4, 0.5) is 0 Å². The number of rotatable bonds is 6. The summed E-state index contributed by atoms with van der Waals surface area (Å²) < 4.78 is 11.2. The lowest BCUT2D eigenvalue weighted by Gasteiger charge is -2.35. The van der Waals surface area contributed by atoms with Crippen LogP contribution >= 0.6 is 12.4 Å². The van der Waals surface area contributed by atoms with Gasteiger partial charge in [0.05, 0.1) is 6.54 Å². The Kier molecular flexibility index (Phi) is 7.65. The van der Waals surface area contributed by atoms with E-state index in [-0.39, 0.29) is 24.4 Å². The van der Waals surface area contributed by atoms with E-state index in [1.54, 1.807) is 7.11 Å². The summed E-state index contributed by atoms with van der Waals surface area (Å²) in [7, 11) is 1.61. The minimum Gasteiger partial charge on any atom is -0.489 e. The van der Waals surface area contributed by atoms with Crippen LogP contribution in [0.15, 0.2) is 30.3 Å². The molecule has 0 spiro atoms. The molecule has 1 aliphatic heterocycles. The molecule has 22 heavy (non-hydrogen) atoms. The number of carbonyl (C=O) groups excluding carboxylic acids is 1. The zero-order valence-corrected chi connectivity index (χ0v) is 13.9. The molecule has 0 radical (unpaired) electrons. The van der Waals surface area contributed by atoms with Crippen LogP contribution in [0.25, 0.3) is 0 Å². The average molecular weight is 329 g/mol. The van der Waals surface area contributed by atoms with Crippen molar-refractivity contribution in [1.29, 1.82) is 0 Å². The number of para-hydroxylation sites is 1. The van der Waals surface area contributed by atoms with E-state index in [1.807, 2.05) is 37.3 Å². The van der Waals surface area contributed by atoms with E-state index in [0.29, 0.717) is 19.4 Å². The standard InChI is InChI=1S/C16H24N2O3.ClH/c1-13(21-14-6-4-3-5-7-14)12-18-15(19)16(20-2)8-10-17-11-9-16;/h3-7,13,17H,8-12H2,1-2H3,(H,18,19);1H. The van der Waals surface area contributed by atoms with Gasteiger partial charge in [0.25, 0.3) is 5.91 Å². The van der Waals surface area contributed by atoms with Crippen molar-refractivity contribution in [3.05, 3.63) is 30.3 Å². The molecule has 6 heteroatoms. The van der Waals surface area contributed by atoms with E-state index in [2.05, 4.69) is 10.6 Å². The second-order valence-electron chi connectivity index (χ2n) is 5.40. The number of ether oxygens (including phenoxy) is 2. The van der Waals surface area contributed by atoms with E-state index >= 15 is 0 Å². The van der Waals surface area contributed by atoms with Crippen LogP contribution in [0.5, 0.6) is 5.75 Å². The Balaban J connectivity index is 0.00000242. The summed E-state index contributed by atoms with van der Waals surface area (Å²) in [6.45, 7) is 4.01. The molecule has 5 nitrogen and oxygen atoms in total. The van der Waals surface area contributed by atoms with Gasteiger partial charge >= 0.3 is 0 Å². The number of piperidine rings is 1. The van der Waals surface area contributed by atoms with Crippen molar-refractivity contribution < 1.29 is 14.3 Å². The minimum atomic E-state index is -0.697. The summed E-state index contributed by atoms with van der Waals surface area (Å²) in [4.78, 5) is 12.4. The van der Waals surface area contributed by atoms with Gasteiger partial charge in [0, 0.05) is 7.11 Å². The summed E-state index contributed by atoms with van der Waals surface area (Å²) in [6.07, 6.45) is 1.30. The SMILES string of the molecule is COC1(C(=O)NCC(C)Oc2ccccc2)CCNCC1.Cl. The van der Waals surface area contributed by atoms with Gasteiger partial charge in [0.1, 0.15) is 17.5 Å². The fourth-order valence-electron chi connectivity index (χ4n) is 2.53. The van der Waals surface area contributed by atoms with Gasteiger partial charge in [-0.3, -0.25) is 4.79 Å². The summed E-state index contributed by atoms with van der Waals surface area (Å²) >= 11 is 0. The molecule has 0 aliphatic carbocycles. The van der Waals surface area contributed by atoms with Crippen LogP contribution in [-0.2, 0) is 9.53 Å². The number of amides is 1. The zero-order chi connectivity index (χ0) is 15.1. The largest absolute Gasteiger partial charge is 0.489 e. The Hall–Kier alpha value is -1.30. The first-order valence-electron chi connectivity index (χ1n) is 7.42. The molecule has 0 aromatic heterocycles. The van der Waals surface area contributed by atoms with Gasteiger partial charge in [0.15, 0.2) is 0 Å². The highest BCUT2D eigenvalue weighted by molar-refractivity contribution is 5.85. The normalized spacial score (nSPS) is 17.9. The van der Waals surface area contributed by atoms with E-state index in [1.165, 1.54) is 0 Å². The third-order valence-corrected chi connectivity index (χ3v) is 3.85. The van der Waals surface area contributed by atoms with Gasteiger partial charge in [-0.05, 0) is 45.0 Å². The molecule has 2 N–H and O–H groups in total. The number of methoxy groups -OCH3 is 1. The molecule has 1 fully saturated rings. The summed E-state index contributed by atoms with van der Waals surface area (Å²) in [5.74, 6) is 0.762. The van der Waals surface area contributed by atoms with Crippen molar-refractivity contribution in [3.8, 4) is 5.75 Å². The Morgan fingerprint density at radius 1 is 1.32 bits per heavy atom. The molecule has 1 amide bonds. The number of hydrogen-bond donors (Lipinski definition) is 2. The highest BCUT2D eigenvalue weighted by Gasteiger charge is 2.39. The van der Waals surface area contributed by atoms with Crippen LogP contribution in [0.1, 0.15) is 19.8 Å². The summed E-state index contributed by atoms with van der Waals surface area (Å²) in [5, 5.41) is 6.19. The Morgan fingerprint density at radius 3 is 2.55 bits per heavy atom. The van der Waals surface area contributed by atoms with E-state index < -0.39 is 5.60 Å². The predicted octanol–water partition coefficient (Wildman–Crippen LogP) is 1.76. The van der Waals surface area contributed by atoms with Crippen molar-refractivity contribution in [3.63, 3.8) is 0 Å². The lowest BCUT2D eigenvalue weighted by Crippen LogP contribution is -2.55. The van der Waals surface area contributed by atoms with Crippen LogP contribution in [0, 0.1) is 0 Å². The van der Waals surface area contributed by atoms with Crippen molar-refractivity contribution in [2.45, 2.75) is 31.5 Å². The van der Waals surface area contributed by atoms with Gasteiger partial charge in [-0.2, -0.15) is 0 Å². The molecule has 1 aliphatic rings. The van der Waals surface area contributed by atoms with Crippen LogP contribution in [0.3, 0.4) is 0 Å². The smallest absolute Gasteiger partial charge is 0.252 e. The molecule has 1 aromatic carbocycles. The van der Waals surface area contributed by atoms with Crippen molar-refractivity contribution >= 4 is 18.3 Å². The molecule has 1 aromatic rings. The van der Waals surface area contributed by atoms with E-state index in [9.17, 15) is 4.79 Å². The third-order valence-electron chi connectivity index (χ3n) is 3.85. The molecule has 124 valence electrons. The maximum absolute atomic E-state index is 12.4. The highest BCUT2D eigenvalue weighted by atomic mass is 35.5. The van der Waals surface area contributed by atoms with Gasteiger partial charge < -0.3 is 20.1 Å². The van der Waals surface area contributed by atoms with Crippen LogP contribution in [0.2, 0.25) is 0 Å². The molecule has 1 saturated heterocycles. The van der Waals surface area contributed by atoms with Gasteiger partial charge in [-0.25, -0.2) is 0 Å². The van der Waals surface area contributed by atoms with Crippen LogP contribution < -0.4 is 15.4 Å². The molecule has 1 heterocycles. The number of benzene rings is 1. The number of halogens is 1. The molecule has 0 saturated carbocycles. The maximum Gasteiger partial charge on any atom is 0.252 e. The fourth-order valence-corrected chi connectivity index (χ4v) is 2.53. The number of carbonyl (C=O) groups is 1. The minimum absolute atomic E-state index is 0. The van der Waals surface area contributed by atoms with Gasteiger partial charge in [-0.1, -0.05) is 18.2 Å². The zero-order valence-electron chi connectivity index (χ0n) is 13.1. The Bertz CT molecular complexity index is 450. The second-order valence-corrected chi connectivity index (χ2v) is 5.40. The Labute approximate surface area is 138 Å². The molecule has 0 bridgehead atoms. The van der Waals surface area contributed by atoms with E-state index in [0.717, 1.165) is 18.8 Å². The monoisotopic (exact) mass is 328 g/mol. The lowest BCUT2D eigenvalue weighted by atomic mass is 9.91. The molecule has 1 atom stereocenters. The van der Waals surface area contributed by atoms with Crippen molar-refractivity contribution in [1.82, 2.24) is 10.6 Å². The number of hydrogen-bond acceptors (Lipinski definition) is 4. The molecular weight excluding hydrogens is 304 g/mol. The quantitative estimate of drug-likeness (QED) is 0.835.